The van der Waals surface area contributed by atoms with E-state index in [1.807, 2.05) is 0 Å². The Kier molecular flexibility index (Phi) is 8.71. The number of hydrogen-bond donors (Lipinski definition) is 1. The third kappa shape index (κ3) is 5.66. The maximum atomic E-state index is 13.8. The molecule has 3 aromatic carbocycles. The molecule has 11 nitrogen and oxygen atoms in total. The third-order valence-corrected chi connectivity index (χ3v) is 12.0. The van der Waals surface area contributed by atoms with Crippen molar-refractivity contribution in [2.75, 3.05) is 29.8 Å². The van der Waals surface area contributed by atoms with Crippen LogP contribution in [0.4, 0.5) is 11.4 Å². The van der Waals surface area contributed by atoms with Crippen LogP contribution in [0.1, 0.15) is 28.9 Å². The molecular weight excluding hydrogens is 649 g/mol. The molecule has 1 fully saturated rings. The van der Waals surface area contributed by atoms with Crippen LogP contribution in [-0.2, 0) is 27.1 Å². The molecule has 0 atom stereocenters. The van der Waals surface area contributed by atoms with Gasteiger partial charge in [-0.15, -0.1) is 0 Å². The number of aromatic nitrogens is 2. The summed E-state index contributed by atoms with van der Waals surface area (Å²) in [5, 5.41) is 2.50. The molecule has 0 unspecified atom stereocenters. The van der Waals surface area contributed by atoms with Crippen LogP contribution in [0.5, 0.6) is 0 Å². The molecule has 5 rings (SSSR count). The van der Waals surface area contributed by atoms with Gasteiger partial charge < -0.3 is 5.32 Å². The Balaban J connectivity index is 1.47. The van der Waals surface area contributed by atoms with Gasteiger partial charge >= 0.3 is 0 Å². The number of nitrogens with zero attached hydrogens (tertiary/aromatic N) is 4. The second-order valence-corrected chi connectivity index (χ2v) is 14.9. The molecule has 0 bridgehead atoms. The van der Waals surface area contributed by atoms with Gasteiger partial charge in [-0.05, 0) is 68.3 Å². The van der Waals surface area contributed by atoms with Crippen LogP contribution in [0.25, 0.3) is 5.69 Å². The highest BCUT2D eigenvalue weighted by atomic mass is 35.5. The lowest BCUT2D eigenvalue weighted by molar-refractivity contribution is 0.102. The molecule has 232 valence electrons. The average molecular weight is 679 g/mol. The summed E-state index contributed by atoms with van der Waals surface area (Å²) in [4.78, 5) is 26.3. The quantitative estimate of drug-likeness (QED) is 0.289. The van der Waals surface area contributed by atoms with Gasteiger partial charge in [0.1, 0.15) is 10.6 Å². The summed E-state index contributed by atoms with van der Waals surface area (Å²) < 4.78 is 58.9. The molecule has 44 heavy (non-hydrogen) atoms. The number of halogens is 2. The van der Waals surface area contributed by atoms with E-state index in [9.17, 15) is 26.4 Å². The fourth-order valence-electron chi connectivity index (χ4n) is 5.06. The first kappa shape index (κ1) is 31.8. The van der Waals surface area contributed by atoms with Gasteiger partial charge in [-0.1, -0.05) is 41.4 Å². The molecule has 0 radical (unpaired) electrons. The molecule has 1 amide bonds. The maximum absolute atomic E-state index is 13.8. The van der Waals surface area contributed by atoms with Gasteiger partial charge in [0.2, 0.25) is 10.0 Å². The fraction of sp³-hybridized carbons (Fsp3) is 0.241. The minimum Gasteiger partial charge on any atom is -0.321 e. The molecule has 1 aliphatic heterocycles. The largest absolute Gasteiger partial charge is 0.321 e. The van der Waals surface area contributed by atoms with Crippen LogP contribution in [0.2, 0.25) is 10.0 Å². The Labute approximate surface area is 265 Å². The average Bonchev–Trinajstić information content (AvgIpc) is 3.61. The lowest BCUT2D eigenvalue weighted by Crippen LogP contribution is -2.32. The predicted molar refractivity (Wildman–Crippen MR) is 170 cm³/mol. The second kappa shape index (κ2) is 12.1. The number of hydrogen-bond acceptors (Lipinski definition) is 6. The summed E-state index contributed by atoms with van der Waals surface area (Å²) in [5.41, 5.74) is 0.225. The van der Waals surface area contributed by atoms with Crippen molar-refractivity contribution in [3.05, 3.63) is 98.4 Å². The molecule has 1 saturated heterocycles. The molecule has 15 heteroatoms. The lowest BCUT2D eigenvalue weighted by atomic mass is 10.2. The summed E-state index contributed by atoms with van der Waals surface area (Å²) >= 11 is 12.6. The smallest absolute Gasteiger partial charge is 0.296 e. The Hall–Kier alpha value is -3.62. The van der Waals surface area contributed by atoms with Crippen molar-refractivity contribution in [2.45, 2.75) is 29.6 Å². The molecule has 2 heterocycles. The summed E-state index contributed by atoms with van der Waals surface area (Å²) in [6, 6.07) is 16.5. The normalized spacial score (nSPS) is 14.1. The number of anilines is 2. The zero-order valence-corrected chi connectivity index (χ0v) is 27.1. The van der Waals surface area contributed by atoms with Crippen LogP contribution < -0.4 is 15.2 Å². The van der Waals surface area contributed by atoms with Crippen molar-refractivity contribution >= 4 is 60.5 Å². The first-order valence-electron chi connectivity index (χ1n) is 13.5. The number of para-hydroxylation sites is 1. The van der Waals surface area contributed by atoms with Crippen LogP contribution in [0.3, 0.4) is 0 Å². The summed E-state index contributed by atoms with van der Waals surface area (Å²) in [6.07, 6.45) is 1.53. The monoisotopic (exact) mass is 677 g/mol. The van der Waals surface area contributed by atoms with Gasteiger partial charge in [-0.3, -0.25) is 18.6 Å². The van der Waals surface area contributed by atoms with Gasteiger partial charge in [0.05, 0.1) is 32.0 Å². The van der Waals surface area contributed by atoms with Crippen LogP contribution in [-0.4, -0.2) is 56.5 Å². The standard InChI is InChI=1S/C29H29Cl2N5O6S2/c1-19-27(29(38)36(33(19)2)21-9-5-4-6-10-21)34(3)44(41,42)26-17-20(11-13-24(26)31)28(37)32-25-18-22(12-14-23(25)30)43(39,40)35-15-7-8-16-35/h4-6,9-14,17-18H,7-8,15-16H2,1-3H3,(H,32,37). The molecular formula is C29H29Cl2N5O6S2. The number of rotatable bonds is 8. The second-order valence-electron chi connectivity index (χ2n) is 10.2. The number of carbonyl (C=O) groups excluding carboxylic acids is 1. The van der Waals surface area contributed by atoms with Gasteiger partial charge in [-0.2, -0.15) is 4.31 Å². The zero-order chi connectivity index (χ0) is 32.0. The van der Waals surface area contributed by atoms with Crippen molar-refractivity contribution in [3.63, 3.8) is 0 Å². The van der Waals surface area contributed by atoms with E-state index in [0.29, 0.717) is 24.5 Å². The van der Waals surface area contributed by atoms with Gasteiger partial charge in [0.25, 0.3) is 21.5 Å². The lowest BCUT2D eigenvalue weighted by Gasteiger charge is -2.19. The molecule has 1 aromatic heterocycles. The van der Waals surface area contributed by atoms with E-state index in [-0.39, 0.29) is 31.9 Å². The Bertz CT molecular complexity index is 2040. The molecule has 4 aromatic rings. The molecule has 1 aliphatic rings. The highest BCUT2D eigenvalue weighted by Gasteiger charge is 2.31. The fourth-order valence-corrected chi connectivity index (χ4v) is 8.51. The number of carbonyl (C=O) groups is 1. The van der Waals surface area contributed by atoms with Gasteiger partial charge in [0, 0.05) is 32.7 Å². The summed E-state index contributed by atoms with van der Waals surface area (Å²) in [6.45, 7) is 2.44. The topological polar surface area (TPSA) is 131 Å². The summed E-state index contributed by atoms with van der Waals surface area (Å²) in [5.74, 6) is -0.749. The van der Waals surface area contributed by atoms with E-state index in [4.69, 9.17) is 23.2 Å². The van der Waals surface area contributed by atoms with E-state index in [2.05, 4.69) is 5.32 Å². The number of sulfonamides is 2. The number of benzene rings is 3. The highest BCUT2D eigenvalue weighted by molar-refractivity contribution is 7.93. The van der Waals surface area contributed by atoms with Crippen LogP contribution in [0.15, 0.2) is 81.3 Å². The van der Waals surface area contributed by atoms with E-state index >= 15 is 0 Å². The van der Waals surface area contributed by atoms with E-state index in [0.717, 1.165) is 23.2 Å². The van der Waals surface area contributed by atoms with Crippen molar-refractivity contribution in [1.29, 1.82) is 0 Å². The van der Waals surface area contributed by atoms with Gasteiger partial charge in [0.15, 0.2) is 0 Å². The Morgan fingerprint density at radius 1 is 0.909 bits per heavy atom. The van der Waals surface area contributed by atoms with Gasteiger partial charge in [-0.25, -0.2) is 21.5 Å². The number of amides is 1. The minimum absolute atomic E-state index is 0.0283. The molecule has 0 aliphatic carbocycles. The maximum Gasteiger partial charge on any atom is 0.296 e. The van der Waals surface area contributed by atoms with Crippen LogP contribution in [0, 0.1) is 6.92 Å². The van der Waals surface area contributed by atoms with Crippen molar-refractivity contribution < 1.29 is 21.6 Å². The first-order chi connectivity index (χ1) is 20.7. The number of nitrogens with one attached hydrogen (secondary N) is 1. The van der Waals surface area contributed by atoms with E-state index in [1.54, 1.807) is 49.0 Å². The Morgan fingerprint density at radius 3 is 2.20 bits per heavy atom. The van der Waals surface area contributed by atoms with E-state index in [1.165, 1.54) is 46.4 Å². The predicted octanol–water partition coefficient (Wildman–Crippen LogP) is 4.65. The van der Waals surface area contributed by atoms with Crippen LogP contribution >= 0.6 is 23.2 Å². The van der Waals surface area contributed by atoms with Crippen molar-refractivity contribution in [1.82, 2.24) is 13.7 Å². The highest BCUT2D eigenvalue weighted by Crippen LogP contribution is 2.31. The molecule has 0 saturated carbocycles. The minimum atomic E-state index is -4.44. The van der Waals surface area contributed by atoms with E-state index < -0.39 is 36.4 Å². The molecule has 1 N–H and O–H groups in total. The Morgan fingerprint density at radius 2 is 1.55 bits per heavy atom. The SMILES string of the molecule is Cc1c(N(C)S(=O)(=O)c2cc(C(=O)Nc3cc(S(=O)(=O)N4CCCC4)ccc3Cl)ccc2Cl)c(=O)n(-c2ccccc2)n1C. The zero-order valence-electron chi connectivity index (χ0n) is 24.0. The molecule has 0 spiro atoms. The van der Waals surface area contributed by atoms with Crippen molar-refractivity contribution in [3.8, 4) is 5.69 Å². The first-order valence-corrected chi connectivity index (χ1v) is 17.1. The summed E-state index contributed by atoms with van der Waals surface area (Å²) in [7, 11) is -5.34. The third-order valence-electron chi connectivity index (χ3n) is 7.56. The van der Waals surface area contributed by atoms with Crippen molar-refractivity contribution in [2.24, 2.45) is 7.05 Å².